The summed E-state index contributed by atoms with van der Waals surface area (Å²) in [6.07, 6.45) is 1.83. The topological polar surface area (TPSA) is 17.1 Å². The zero-order chi connectivity index (χ0) is 19.8. The molecule has 23 heavy (non-hydrogen) atoms. The Labute approximate surface area is 152 Å². The highest BCUT2D eigenvalue weighted by Crippen LogP contribution is 2.13. The van der Waals surface area contributed by atoms with Crippen LogP contribution in [0.3, 0.4) is 0 Å². The molecule has 0 saturated heterocycles. The van der Waals surface area contributed by atoms with Crippen LogP contribution in [0.4, 0.5) is 0 Å². The van der Waals surface area contributed by atoms with E-state index in [9.17, 15) is 4.79 Å². The van der Waals surface area contributed by atoms with Crippen LogP contribution < -0.4 is 0 Å². The predicted octanol–water partition coefficient (Wildman–Crippen LogP) is 8.46. The van der Waals surface area contributed by atoms with Gasteiger partial charge >= 0.3 is 0 Å². The summed E-state index contributed by atoms with van der Waals surface area (Å²) in [4.78, 5) is 10.9. The van der Waals surface area contributed by atoms with Crippen LogP contribution in [0.5, 0.6) is 0 Å². The van der Waals surface area contributed by atoms with Gasteiger partial charge in [-0.1, -0.05) is 93.0 Å². The zero-order valence-electron chi connectivity index (χ0n) is 17.7. The van der Waals surface area contributed by atoms with Crippen LogP contribution >= 0.6 is 11.6 Å². The van der Waals surface area contributed by atoms with Crippen LogP contribution in [0.2, 0.25) is 5.02 Å². The first-order chi connectivity index (χ1) is 11.1. The largest absolute Gasteiger partial charge is 0.295 e. The van der Waals surface area contributed by atoms with Gasteiger partial charge in [-0.05, 0) is 43.2 Å². The normalized spacial score (nSPS) is 7.78. The van der Waals surface area contributed by atoms with E-state index in [1.165, 1.54) is 0 Å². The Balaban J connectivity index is -0.0000000923. The molecule has 0 radical (unpaired) electrons. The van der Waals surface area contributed by atoms with Crippen molar-refractivity contribution >= 4 is 23.5 Å². The van der Waals surface area contributed by atoms with E-state index in [0.29, 0.717) is 5.02 Å². The molecule has 1 rings (SSSR count). The van der Waals surface area contributed by atoms with Gasteiger partial charge in [0, 0.05) is 5.02 Å². The van der Waals surface area contributed by atoms with Crippen molar-refractivity contribution < 1.29 is 4.79 Å². The summed E-state index contributed by atoms with van der Waals surface area (Å²) in [7, 11) is 0. The molecule has 0 amide bonds. The van der Waals surface area contributed by atoms with Crippen molar-refractivity contribution in [2.75, 3.05) is 0 Å². The van der Waals surface area contributed by atoms with E-state index in [2.05, 4.69) is 0 Å². The lowest BCUT2D eigenvalue weighted by atomic mass is 10.1. The van der Waals surface area contributed by atoms with Crippen molar-refractivity contribution in [2.24, 2.45) is 0 Å². The minimum absolute atomic E-state index is 0.0833. The van der Waals surface area contributed by atoms with Gasteiger partial charge in [0.15, 0.2) is 5.78 Å². The van der Waals surface area contributed by atoms with Crippen LogP contribution in [0.15, 0.2) is 29.8 Å². The second-order valence-corrected chi connectivity index (χ2v) is 3.37. The Hall–Kier alpha value is -1.08. The summed E-state index contributed by atoms with van der Waals surface area (Å²) in [5.41, 5.74) is 1.70. The number of benzene rings is 1. The molecule has 0 heterocycles. The Morgan fingerprint density at radius 1 is 0.826 bits per heavy atom. The highest BCUT2D eigenvalue weighted by atomic mass is 35.5. The third-order valence-electron chi connectivity index (χ3n) is 1.79. The number of ketones is 1. The second-order valence-electron chi connectivity index (χ2n) is 2.94. The first kappa shape index (κ1) is 33.5. The number of allylic oxidation sites excluding steroid dienone is 1. The van der Waals surface area contributed by atoms with Crippen molar-refractivity contribution in [1.82, 2.24) is 0 Å². The van der Waals surface area contributed by atoms with Gasteiger partial charge in [0.1, 0.15) is 0 Å². The van der Waals surface area contributed by atoms with Gasteiger partial charge in [0.2, 0.25) is 0 Å². The van der Waals surface area contributed by atoms with Gasteiger partial charge in [-0.25, -0.2) is 0 Å². The third-order valence-corrected chi connectivity index (χ3v) is 2.02. The van der Waals surface area contributed by atoms with E-state index in [0.717, 1.165) is 11.1 Å². The van der Waals surface area contributed by atoms with Crippen molar-refractivity contribution in [1.29, 1.82) is 0 Å². The van der Waals surface area contributed by atoms with Crippen LogP contribution in [0.25, 0.3) is 6.08 Å². The smallest absolute Gasteiger partial charge is 0.155 e. The molecule has 138 valence electrons. The molecule has 0 aliphatic heterocycles. The Bertz CT molecular complexity index is 355. The number of Topliss-reactive ketones (excluding diaryl/α,β-unsaturated/α-hetero) is 1. The van der Waals surface area contributed by atoms with Crippen molar-refractivity contribution in [3.8, 4) is 0 Å². The number of carbonyl (C=O) groups is 1. The maximum Gasteiger partial charge on any atom is 0.155 e. The van der Waals surface area contributed by atoms with E-state index in [-0.39, 0.29) is 5.78 Å². The van der Waals surface area contributed by atoms with Crippen LogP contribution in [0.1, 0.15) is 88.6 Å². The van der Waals surface area contributed by atoms with Crippen molar-refractivity contribution in [3.05, 3.63) is 40.4 Å². The summed E-state index contributed by atoms with van der Waals surface area (Å²) in [5.74, 6) is 0.0833. The molecule has 0 fully saturated rings. The Kier molecular flexibility index (Phi) is 47.7. The van der Waals surface area contributed by atoms with E-state index >= 15 is 0 Å². The lowest BCUT2D eigenvalue weighted by molar-refractivity contribution is -0.113. The van der Waals surface area contributed by atoms with Gasteiger partial charge in [-0.3, -0.25) is 4.79 Å². The van der Waals surface area contributed by atoms with Crippen LogP contribution in [0, 0.1) is 0 Å². The van der Waals surface area contributed by atoms with Gasteiger partial charge < -0.3 is 0 Å². The average Bonchev–Trinajstić information content (AvgIpc) is 2.63. The van der Waals surface area contributed by atoms with Gasteiger partial charge in [0.05, 0.1) is 0 Å². The monoisotopic (exact) mass is 344 g/mol. The highest BCUT2D eigenvalue weighted by molar-refractivity contribution is 6.30. The molecule has 1 aromatic carbocycles. The van der Waals surface area contributed by atoms with Crippen molar-refractivity contribution in [3.63, 3.8) is 0 Å². The van der Waals surface area contributed by atoms with Crippen LogP contribution in [-0.2, 0) is 4.79 Å². The SMILES string of the molecule is CC.CC.CC.CC.CC.CC(=O)/C(C)=C/c1cccc(Cl)c1. The number of hydrogen-bond donors (Lipinski definition) is 0. The van der Waals surface area contributed by atoms with Crippen molar-refractivity contribution in [2.45, 2.75) is 83.1 Å². The lowest BCUT2D eigenvalue weighted by Crippen LogP contribution is -1.90. The maximum atomic E-state index is 10.9. The number of hydrogen-bond acceptors (Lipinski definition) is 1. The summed E-state index contributed by atoms with van der Waals surface area (Å²) in [6.45, 7) is 23.3. The average molecular weight is 345 g/mol. The molecule has 0 spiro atoms. The Morgan fingerprint density at radius 2 is 1.22 bits per heavy atom. The molecule has 2 heteroatoms. The molecule has 0 bridgehead atoms. The fraction of sp³-hybridized carbons (Fsp3) is 0.571. The molecule has 0 saturated carbocycles. The molecule has 0 atom stereocenters. The first-order valence-corrected chi connectivity index (χ1v) is 9.42. The first-order valence-electron chi connectivity index (χ1n) is 9.04. The molecule has 0 aromatic heterocycles. The number of rotatable bonds is 2. The van der Waals surface area contributed by atoms with Gasteiger partial charge in [-0.2, -0.15) is 0 Å². The van der Waals surface area contributed by atoms with E-state index in [4.69, 9.17) is 11.6 Å². The summed E-state index contributed by atoms with van der Waals surface area (Å²) in [6, 6.07) is 7.41. The second kappa shape index (κ2) is 32.8. The summed E-state index contributed by atoms with van der Waals surface area (Å²) >= 11 is 5.79. The molecular weight excluding hydrogens is 304 g/mol. The highest BCUT2D eigenvalue weighted by Gasteiger charge is 1.96. The number of halogens is 1. The molecular formula is C21H41ClO. The third kappa shape index (κ3) is 26.2. The lowest BCUT2D eigenvalue weighted by Gasteiger charge is -1.96. The minimum atomic E-state index is 0.0833. The summed E-state index contributed by atoms with van der Waals surface area (Å²) < 4.78 is 0. The fourth-order valence-electron chi connectivity index (χ4n) is 0.948. The quantitative estimate of drug-likeness (QED) is 0.491. The molecule has 1 nitrogen and oxygen atoms in total. The van der Waals surface area contributed by atoms with E-state index < -0.39 is 0 Å². The van der Waals surface area contributed by atoms with E-state index in [1.807, 2.05) is 99.6 Å². The maximum absolute atomic E-state index is 10.9. The molecule has 1 aromatic rings. The zero-order valence-corrected chi connectivity index (χ0v) is 18.4. The van der Waals surface area contributed by atoms with E-state index in [1.54, 1.807) is 13.8 Å². The molecule has 0 N–H and O–H groups in total. The minimum Gasteiger partial charge on any atom is -0.295 e. The Morgan fingerprint density at radius 3 is 1.52 bits per heavy atom. The predicted molar refractivity (Wildman–Crippen MR) is 113 cm³/mol. The van der Waals surface area contributed by atoms with Gasteiger partial charge in [-0.15, -0.1) is 0 Å². The molecule has 0 aliphatic carbocycles. The molecule has 0 aliphatic rings. The van der Waals surface area contributed by atoms with Crippen LogP contribution in [-0.4, -0.2) is 5.78 Å². The summed E-state index contributed by atoms with van der Waals surface area (Å²) in [5, 5.41) is 0.685. The fourth-order valence-corrected chi connectivity index (χ4v) is 1.15. The van der Waals surface area contributed by atoms with Gasteiger partial charge in [0.25, 0.3) is 0 Å². The molecule has 0 unspecified atom stereocenters. The standard InChI is InChI=1S/C11H11ClO.5C2H6/c1-8(9(2)13)6-10-4-3-5-11(12)7-10;5*1-2/h3-7H,1-2H3;5*1-2H3/b8-6+;;;;;. The number of carbonyl (C=O) groups excluding carboxylic acids is 1.